The van der Waals surface area contributed by atoms with Crippen LogP contribution in [0.2, 0.25) is 0 Å². The molecule has 0 aromatic carbocycles. The molecule has 1 fully saturated rings. The molecule has 2 heterocycles. The monoisotopic (exact) mass is 271 g/mol. The number of hydrogen-bond donors (Lipinski definition) is 4. The first-order chi connectivity index (χ1) is 8.78. The SMILES string of the molecule is Cc1cc(N)nc(=O)n1[C@@H]1O[C@H](CO)[C@@H](O)[C@@]1(C)O. The fourth-order valence-corrected chi connectivity index (χ4v) is 2.28. The summed E-state index contributed by atoms with van der Waals surface area (Å²) in [4.78, 5) is 15.4. The van der Waals surface area contributed by atoms with E-state index in [-0.39, 0.29) is 5.82 Å². The number of aromatic nitrogens is 2. The summed E-state index contributed by atoms with van der Waals surface area (Å²) in [6.07, 6.45) is -3.42. The maximum Gasteiger partial charge on any atom is 0.351 e. The van der Waals surface area contributed by atoms with Gasteiger partial charge in [-0.15, -0.1) is 0 Å². The molecule has 5 N–H and O–H groups in total. The smallest absolute Gasteiger partial charge is 0.351 e. The van der Waals surface area contributed by atoms with E-state index in [0.29, 0.717) is 5.69 Å². The molecule has 0 amide bonds. The first-order valence-electron chi connectivity index (χ1n) is 5.81. The van der Waals surface area contributed by atoms with Crippen LogP contribution in [-0.4, -0.2) is 49.3 Å². The van der Waals surface area contributed by atoms with E-state index >= 15 is 0 Å². The quantitative estimate of drug-likeness (QED) is 0.496. The third-order valence-corrected chi connectivity index (χ3v) is 3.34. The molecule has 19 heavy (non-hydrogen) atoms. The van der Waals surface area contributed by atoms with E-state index in [1.165, 1.54) is 13.0 Å². The van der Waals surface area contributed by atoms with Gasteiger partial charge in [0.15, 0.2) is 6.23 Å². The lowest BCUT2D eigenvalue weighted by atomic mass is 9.96. The lowest BCUT2D eigenvalue weighted by molar-refractivity contribution is -0.0995. The fourth-order valence-electron chi connectivity index (χ4n) is 2.28. The van der Waals surface area contributed by atoms with Crippen LogP contribution >= 0.6 is 0 Å². The van der Waals surface area contributed by atoms with Crippen LogP contribution in [0.15, 0.2) is 10.9 Å². The van der Waals surface area contributed by atoms with Gasteiger partial charge >= 0.3 is 5.69 Å². The number of rotatable bonds is 2. The predicted molar refractivity (Wildman–Crippen MR) is 65.3 cm³/mol. The molecule has 0 spiro atoms. The number of aliphatic hydroxyl groups is 3. The molecule has 0 unspecified atom stereocenters. The Morgan fingerprint density at radius 2 is 2.26 bits per heavy atom. The highest BCUT2D eigenvalue weighted by molar-refractivity contribution is 5.28. The molecule has 1 aromatic heterocycles. The molecule has 1 aliphatic rings. The summed E-state index contributed by atoms with van der Waals surface area (Å²) in [5, 5.41) is 29.3. The topological polar surface area (TPSA) is 131 Å². The Labute approximate surface area is 109 Å². The second-order valence-electron chi connectivity index (χ2n) is 4.86. The minimum absolute atomic E-state index is 0.0654. The average molecular weight is 271 g/mol. The predicted octanol–water partition coefficient (Wildman–Crippen LogP) is -1.86. The number of nitrogens with zero attached hydrogens (tertiary/aromatic N) is 2. The van der Waals surface area contributed by atoms with Crippen LogP contribution in [-0.2, 0) is 4.74 Å². The molecule has 0 saturated carbocycles. The standard InChI is InChI=1S/C11H17N3O5/c1-5-3-7(12)13-10(17)14(5)9-11(2,18)8(16)6(4-15)19-9/h3,6,8-9,15-16,18H,4H2,1-2H3,(H2,12,13,17)/t6-,8-,9-,11-/m1/s1. The van der Waals surface area contributed by atoms with Gasteiger partial charge in [-0.2, -0.15) is 4.98 Å². The van der Waals surface area contributed by atoms with Gasteiger partial charge in [-0.05, 0) is 19.9 Å². The van der Waals surface area contributed by atoms with Gasteiger partial charge in [0.2, 0.25) is 0 Å². The van der Waals surface area contributed by atoms with E-state index in [4.69, 9.17) is 15.6 Å². The number of ether oxygens (including phenoxy) is 1. The summed E-state index contributed by atoms with van der Waals surface area (Å²) in [5.41, 5.74) is 3.49. The second kappa shape index (κ2) is 4.57. The van der Waals surface area contributed by atoms with Crippen molar-refractivity contribution in [3.8, 4) is 0 Å². The highest BCUT2D eigenvalue weighted by Gasteiger charge is 2.53. The van der Waals surface area contributed by atoms with Crippen LogP contribution in [0.4, 0.5) is 5.82 Å². The van der Waals surface area contributed by atoms with Gasteiger partial charge in [0.05, 0.1) is 6.61 Å². The van der Waals surface area contributed by atoms with Crippen molar-refractivity contribution in [2.45, 2.75) is 37.9 Å². The molecule has 0 radical (unpaired) electrons. The molecular formula is C11H17N3O5. The van der Waals surface area contributed by atoms with Crippen LogP contribution in [0.1, 0.15) is 18.8 Å². The molecule has 1 saturated heterocycles. The van der Waals surface area contributed by atoms with E-state index in [1.54, 1.807) is 6.92 Å². The first-order valence-corrected chi connectivity index (χ1v) is 5.81. The van der Waals surface area contributed by atoms with Crippen LogP contribution in [0, 0.1) is 6.92 Å². The van der Waals surface area contributed by atoms with E-state index in [2.05, 4.69) is 4.98 Å². The summed E-state index contributed by atoms with van der Waals surface area (Å²) >= 11 is 0. The zero-order valence-corrected chi connectivity index (χ0v) is 10.6. The molecule has 2 rings (SSSR count). The van der Waals surface area contributed by atoms with E-state index in [0.717, 1.165) is 4.57 Å². The average Bonchev–Trinajstić information content (AvgIpc) is 2.51. The molecule has 8 heteroatoms. The maximum atomic E-state index is 11.9. The van der Waals surface area contributed by atoms with E-state index < -0.39 is 36.3 Å². The molecule has 8 nitrogen and oxygen atoms in total. The van der Waals surface area contributed by atoms with Crippen molar-refractivity contribution in [1.82, 2.24) is 9.55 Å². The molecule has 0 bridgehead atoms. The summed E-state index contributed by atoms with van der Waals surface area (Å²) in [6.45, 7) is 2.47. The highest BCUT2D eigenvalue weighted by atomic mass is 16.6. The maximum absolute atomic E-state index is 11.9. The Kier molecular flexibility index (Phi) is 3.35. The van der Waals surface area contributed by atoms with Gasteiger partial charge in [-0.1, -0.05) is 0 Å². The Balaban J connectivity index is 2.51. The molecule has 4 atom stereocenters. The minimum Gasteiger partial charge on any atom is -0.394 e. The largest absolute Gasteiger partial charge is 0.394 e. The molecular weight excluding hydrogens is 254 g/mol. The molecule has 1 aliphatic heterocycles. The summed E-state index contributed by atoms with van der Waals surface area (Å²) in [6, 6.07) is 1.46. The van der Waals surface area contributed by atoms with Crippen LogP contribution in [0.5, 0.6) is 0 Å². The Bertz CT molecular complexity index is 542. The summed E-state index contributed by atoms with van der Waals surface area (Å²) in [7, 11) is 0. The first kappa shape index (κ1) is 13.9. The number of nitrogens with two attached hydrogens (primary N) is 1. The molecule has 106 valence electrons. The summed E-state index contributed by atoms with van der Waals surface area (Å²) < 4.78 is 6.46. The highest BCUT2D eigenvalue weighted by Crippen LogP contribution is 2.37. The van der Waals surface area contributed by atoms with Crippen molar-refractivity contribution < 1.29 is 20.1 Å². The minimum atomic E-state index is -1.72. The number of hydrogen-bond acceptors (Lipinski definition) is 7. The Morgan fingerprint density at radius 3 is 2.74 bits per heavy atom. The second-order valence-corrected chi connectivity index (χ2v) is 4.86. The summed E-state index contributed by atoms with van der Waals surface area (Å²) in [5.74, 6) is 0.0654. The fraction of sp³-hybridized carbons (Fsp3) is 0.636. The zero-order chi connectivity index (χ0) is 14.4. The van der Waals surface area contributed by atoms with Gasteiger partial charge in [-0.3, -0.25) is 4.57 Å². The van der Waals surface area contributed by atoms with E-state index in [9.17, 15) is 15.0 Å². The normalized spacial score (nSPS) is 34.7. The van der Waals surface area contributed by atoms with Crippen molar-refractivity contribution in [3.05, 3.63) is 22.2 Å². The Morgan fingerprint density at radius 1 is 1.63 bits per heavy atom. The van der Waals surface area contributed by atoms with E-state index in [1.807, 2.05) is 0 Å². The lowest BCUT2D eigenvalue weighted by Gasteiger charge is -2.28. The van der Waals surface area contributed by atoms with Crippen LogP contribution < -0.4 is 11.4 Å². The van der Waals surface area contributed by atoms with Crippen molar-refractivity contribution in [1.29, 1.82) is 0 Å². The van der Waals surface area contributed by atoms with Crippen molar-refractivity contribution >= 4 is 5.82 Å². The number of aryl methyl sites for hydroxylation is 1. The van der Waals surface area contributed by atoms with Gasteiger partial charge < -0.3 is 25.8 Å². The van der Waals surface area contributed by atoms with Crippen molar-refractivity contribution in [2.24, 2.45) is 0 Å². The van der Waals surface area contributed by atoms with Gasteiger partial charge in [0, 0.05) is 5.69 Å². The zero-order valence-electron chi connectivity index (χ0n) is 10.6. The lowest BCUT2D eigenvalue weighted by Crippen LogP contribution is -2.46. The van der Waals surface area contributed by atoms with Crippen molar-refractivity contribution in [2.75, 3.05) is 12.3 Å². The van der Waals surface area contributed by atoms with Gasteiger partial charge in [0.1, 0.15) is 23.6 Å². The van der Waals surface area contributed by atoms with Crippen LogP contribution in [0.3, 0.4) is 0 Å². The Hall–Kier alpha value is -1.48. The number of nitrogen functional groups attached to an aromatic ring is 1. The number of anilines is 1. The molecule has 1 aromatic rings. The van der Waals surface area contributed by atoms with Crippen LogP contribution in [0.25, 0.3) is 0 Å². The van der Waals surface area contributed by atoms with Gasteiger partial charge in [-0.25, -0.2) is 4.79 Å². The van der Waals surface area contributed by atoms with Gasteiger partial charge in [0.25, 0.3) is 0 Å². The van der Waals surface area contributed by atoms with Crippen molar-refractivity contribution in [3.63, 3.8) is 0 Å². The molecule has 0 aliphatic carbocycles. The third-order valence-electron chi connectivity index (χ3n) is 3.34. The number of aliphatic hydroxyl groups excluding tert-OH is 2. The third kappa shape index (κ3) is 2.12.